The van der Waals surface area contributed by atoms with Gasteiger partial charge >= 0.3 is 0 Å². The van der Waals surface area contributed by atoms with Crippen molar-refractivity contribution in [3.05, 3.63) is 83.7 Å². The van der Waals surface area contributed by atoms with E-state index in [4.69, 9.17) is 9.47 Å². The molecule has 6 nitrogen and oxygen atoms in total. The van der Waals surface area contributed by atoms with Gasteiger partial charge in [-0.2, -0.15) is 0 Å². The van der Waals surface area contributed by atoms with Gasteiger partial charge in [-0.05, 0) is 48.4 Å². The number of nitrogens with zero attached hydrogens (tertiary/aromatic N) is 1. The van der Waals surface area contributed by atoms with Crippen LogP contribution in [0.5, 0.6) is 5.75 Å². The normalized spacial score (nSPS) is 17.7. The second-order valence-corrected chi connectivity index (χ2v) is 7.02. The van der Waals surface area contributed by atoms with E-state index in [-0.39, 0.29) is 17.9 Å². The molecule has 0 aliphatic carbocycles. The topological polar surface area (TPSA) is 76.1 Å². The van der Waals surface area contributed by atoms with Gasteiger partial charge in [-0.15, -0.1) is 0 Å². The molecule has 2 aromatic carbocycles. The van der Waals surface area contributed by atoms with E-state index < -0.39 is 23.5 Å². The van der Waals surface area contributed by atoms with Crippen LogP contribution in [0.3, 0.4) is 0 Å². The lowest BCUT2D eigenvalue weighted by molar-refractivity contribution is -0.140. The summed E-state index contributed by atoms with van der Waals surface area (Å²) in [5.74, 6) is -1.80. The highest BCUT2D eigenvalue weighted by atomic mass is 19.1. The number of rotatable bonds is 9. The summed E-state index contributed by atoms with van der Waals surface area (Å²) in [4.78, 5) is 27.0. The summed E-state index contributed by atoms with van der Waals surface area (Å²) in [6.07, 6.45) is 2.10. The molecule has 1 aliphatic rings. The molecule has 1 unspecified atom stereocenters. The third-order valence-electron chi connectivity index (χ3n) is 4.95. The number of ether oxygens (including phenoxy) is 2. The molecular weight excluding hydrogens is 401 g/mol. The van der Waals surface area contributed by atoms with E-state index in [0.29, 0.717) is 36.5 Å². The molecule has 1 N–H and O–H groups in total. The molecule has 1 amide bonds. The van der Waals surface area contributed by atoms with Crippen molar-refractivity contribution in [2.24, 2.45) is 0 Å². The number of aliphatic hydroxyl groups is 1. The third kappa shape index (κ3) is 4.83. The quantitative estimate of drug-likeness (QED) is 0.217. The molecule has 0 spiro atoms. The Balaban J connectivity index is 2.04. The van der Waals surface area contributed by atoms with E-state index in [1.807, 2.05) is 0 Å². The zero-order valence-corrected chi connectivity index (χ0v) is 17.2. The number of ketones is 1. The molecule has 1 fully saturated rings. The minimum Gasteiger partial charge on any atom is -0.507 e. The van der Waals surface area contributed by atoms with Crippen LogP contribution in [0.1, 0.15) is 23.6 Å². The lowest BCUT2D eigenvalue weighted by Crippen LogP contribution is -2.31. The number of likely N-dealkylation sites (tertiary alicyclic amines) is 1. The van der Waals surface area contributed by atoms with Crippen LogP contribution in [-0.2, 0) is 14.3 Å². The summed E-state index contributed by atoms with van der Waals surface area (Å²) in [7, 11) is 1.54. The van der Waals surface area contributed by atoms with Gasteiger partial charge in [0.05, 0.1) is 11.6 Å². The average Bonchev–Trinajstić information content (AvgIpc) is 3.03. The molecule has 0 aromatic heterocycles. The number of carbonyl (C=O) groups excluding carboxylic acids is 2. The zero-order chi connectivity index (χ0) is 22.4. The van der Waals surface area contributed by atoms with Gasteiger partial charge in [0.15, 0.2) is 0 Å². The highest BCUT2D eigenvalue weighted by Gasteiger charge is 2.45. The van der Waals surface area contributed by atoms with Crippen molar-refractivity contribution in [3.8, 4) is 5.75 Å². The molecule has 7 heteroatoms. The minimum absolute atomic E-state index is 0.0761. The Kier molecular flexibility index (Phi) is 7.20. The van der Waals surface area contributed by atoms with Gasteiger partial charge in [0, 0.05) is 25.8 Å². The van der Waals surface area contributed by atoms with Crippen molar-refractivity contribution in [2.75, 3.05) is 26.9 Å². The first kappa shape index (κ1) is 22.2. The number of hydrogen-bond donors (Lipinski definition) is 1. The SMILES string of the molecule is C=CCOc1ccc(C(O)=C2C(=O)C(=O)N(CCCOC)C2c2cccc(F)c2)cc1. The van der Waals surface area contributed by atoms with Crippen LogP contribution in [0.15, 0.2) is 66.8 Å². The largest absolute Gasteiger partial charge is 0.507 e. The second kappa shape index (κ2) is 10.0. The van der Waals surface area contributed by atoms with Gasteiger partial charge in [-0.3, -0.25) is 9.59 Å². The van der Waals surface area contributed by atoms with Crippen molar-refractivity contribution in [1.82, 2.24) is 4.90 Å². The number of Topliss-reactive ketones (excluding diaryl/α,β-unsaturated/α-hetero) is 1. The fourth-order valence-electron chi connectivity index (χ4n) is 3.53. The van der Waals surface area contributed by atoms with E-state index in [1.165, 1.54) is 23.1 Å². The number of amides is 1. The number of methoxy groups -OCH3 is 1. The Labute approximate surface area is 180 Å². The third-order valence-corrected chi connectivity index (χ3v) is 4.95. The first-order valence-electron chi connectivity index (χ1n) is 9.85. The predicted molar refractivity (Wildman–Crippen MR) is 114 cm³/mol. The fourth-order valence-corrected chi connectivity index (χ4v) is 3.53. The molecule has 1 heterocycles. The van der Waals surface area contributed by atoms with Crippen LogP contribution >= 0.6 is 0 Å². The Morgan fingerprint density at radius 1 is 1.23 bits per heavy atom. The summed E-state index contributed by atoms with van der Waals surface area (Å²) in [5, 5.41) is 11.0. The van der Waals surface area contributed by atoms with Crippen LogP contribution in [0, 0.1) is 5.82 Å². The summed E-state index contributed by atoms with van der Waals surface area (Å²) in [6, 6.07) is 11.2. The highest BCUT2D eigenvalue weighted by molar-refractivity contribution is 6.46. The van der Waals surface area contributed by atoms with E-state index in [9.17, 15) is 19.1 Å². The summed E-state index contributed by atoms with van der Waals surface area (Å²) >= 11 is 0. The first-order valence-corrected chi connectivity index (χ1v) is 9.85. The minimum atomic E-state index is -0.899. The van der Waals surface area contributed by atoms with Crippen LogP contribution < -0.4 is 4.74 Å². The zero-order valence-electron chi connectivity index (χ0n) is 17.2. The Morgan fingerprint density at radius 3 is 2.61 bits per heavy atom. The van der Waals surface area contributed by atoms with Crippen molar-refractivity contribution < 1.29 is 28.6 Å². The lowest BCUT2D eigenvalue weighted by Gasteiger charge is -2.25. The van der Waals surface area contributed by atoms with Crippen LogP contribution in [0.25, 0.3) is 5.76 Å². The standard InChI is InChI=1S/C24H24FNO5/c1-3-13-31-19-10-8-16(9-11-19)22(27)20-21(17-6-4-7-18(25)15-17)26(12-5-14-30-2)24(29)23(20)28/h3-4,6-11,15,21,27H,1,5,12-14H2,2H3. The summed E-state index contributed by atoms with van der Waals surface area (Å²) in [5.41, 5.74) is 0.680. The van der Waals surface area contributed by atoms with Crippen molar-refractivity contribution in [1.29, 1.82) is 0 Å². The summed E-state index contributed by atoms with van der Waals surface area (Å²) in [6.45, 7) is 4.54. The smallest absolute Gasteiger partial charge is 0.295 e. The number of aliphatic hydroxyl groups excluding tert-OH is 1. The van der Waals surface area contributed by atoms with E-state index in [2.05, 4.69) is 6.58 Å². The Hall–Kier alpha value is -3.45. The number of halogens is 1. The van der Waals surface area contributed by atoms with Crippen LogP contribution in [-0.4, -0.2) is 48.6 Å². The number of carbonyl (C=O) groups is 2. The van der Waals surface area contributed by atoms with Gasteiger partial charge in [-0.25, -0.2) is 4.39 Å². The second-order valence-electron chi connectivity index (χ2n) is 7.02. The molecule has 31 heavy (non-hydrogen) atoms. The molecule has 1 atom stereocenters. The maximum atomic E-state index is 13.9. The maximum Gasteiger partial charge on any atom is 0.295 e. The van der Waals surface area contributed by atoms with Crippen LogP contribution in [0.2, 0.25) is 0 Å². The number of hydrogen-bond acceptors (Lipinski definition) is 5. The van der Waals surface area contributed by atoms with Crippen LogP contribution in [0.4, 0.5) is 4.39 Å². The fraction of sp³-hybridized carbons (Fsp3) is 0.250. The van der Waals surface area contributed by atoms with E-state index in [1.54, 1.807) is 43.5 Å². The Bertz CT molecular complexity index is 999. The predicted octanol–water partition coefficient (Wildman–Crippen LogP) is 3.85. The molecule has 2 aromatic rings. The number of benzene rings is 2. The van der Waals surface area contributed by atoms with Gasteiger partial charge < -0.3 is 19.5 Å². The molecule has 1 aliphatic heterocycles. The monoisotopic (exact) mass is 425 g/mol. The molecule has 162 valence electrons. The van der Waals surface area contributed by atoms with Crippen molar-refractivity contribution in [3.63, 3.8) is 0 Å². The maximum absolute atomic E-state index is 13.9. The van der Waals surface area contributed by atoms with Crippen molar-refractivity contribution in [2.45, 2.75) is 12.5 Å². The average molecular weight is 425 g/mol. The Morgan fingerprint density at radius 2 is 1.97 bits per heavy atom. The molecule has 0 radical (unpaired) electrons. The molecule has 0 saturated carbocycles. The van der Waals surface area contributed by atoms with Gasteiger partial charge in [0.1, 0.15) is 23.9 Å². The van der Waals surface area contributed by atoms with Gasteiger partial charge in [0.25, 0.3) is 11.7 Å². The van der Waals surface area contributed by atoms with E-state index in [0.717, 1.165) is 0 Å². The molecule has 3 rings (SSSR count). The first-order chi connectivity index (χ1) is 15.0. The molecular formula is C24H24FNO5. The van der Waals surface area contributed by atoms with Crippen molar-refractivity contribution >= 4 is 17.4 Å². The highest BCUT2D eigenvalue weighted by Crippen LogP contribution is 2.39. The van der Waals surface area contributed by atoms with E-state index >= 15 is 0 Å². The van der Waals surface area contributed by atoms with Gasteiger partial charge in [-0.1, -0.05) is 24.8 Å². The lowest BCUT2D eigenvalue weighted by atomic mass is 9.95. The van der Waals surface area contributed by atoms with Gasteiger partial charge in [0.2, 0.25) is 0 Å². The summed E-state index contributed by atoms with van der Waals surface area (Å²) < 4.78 is 24.4. The molecule has 1 saturated heterocycles. The molecule has 0 bridgehead atoms.